The number of rotatable bonds is 10. The fourth-order valence-corrected chi connectivity index (χ4v) is 2.43. The lowest BCUT2D eigenvalue weighted by Gasteiger charge is -2.16. The Balaban J connectivity index is 1.83. The molecule has 0 aliphatic rings. The molecular weight excluding hydrogens is 334 g/mol. The van der Waals surface area contributed by atoms with E-state index in [2.05, 4.69) is 5.32 Å². The summed E-state index contributed by atoms with van der Waals surface area (Å²) in [6.45, 7) is 0.631. The van der Waals surface area contributed by atoms with E-state index in [-0.39, 0.29) is 19.4 Å². The van der Waals surface area contributed by atoms with Crippen LogP contribution in [-0.4, -0.2) is 30.2 Å². The van der Waals surface area contributed by atoms with E-state index in [4.69, 9.17) is 14.6 Å². The molecule has 26 heavy (non-hydrogen) atoms. The minimum Gasteiger partial charge on any atom is -0.497 e. The number of carboxylic acids is 1. The molecule has 1 atom stereocenters. The summed E-state index contributed by atoms with van der Waals surface area (Å²) in [6, 6.07) is 16.3. The Bertz CT molecular complexity index is 700. The maximum atomic E-state index is 12.1. The second kappa shape index (κ2) is 10.2. The summed E-state index contributed by atoms with van der Waals surface area (Å²) >= 11 is 0. The van der Waals surface area contributed by atoms with Crippen molar-refractivity contribution in [3.05, 3.63) is 65.7 Å². The number of aliphatic carboxylic acids is 1. The van der Waals surface area contributed by atoms with Gasteiger partial charge in [-0.05, 0) is 23.3 Å². The van der Waals surface area contributed by atoms with Gasteiger partial charge in [-0.1, -0.05) is 42.5 Å². The molecule has 6 heteroatoms. The van der Waals surface area contributed by atoms with Crippen LogP contribution in [0.15, 0.2) is 54.6 Å². The van der Waals surface area contributed by atoms with E-state index in [1.807, 2.05) is 42.5 Å². The van der Waals surface area contributed by atoms with E-state index >= 15 is 0 Å². The Morgan fingerprint density at radius 3 is 2.31 bits per heavy atom. The molecule has 0 heterocycles. The molecule has 0 saturated heterocycles. The van der Waals surface area contributed by atoms with Gasteiger partial charge in [-0.2, -0.15) is 0 Å². The topological polar surface area (TPSA) is 84.9 Å². The number of nitrogens with one attached hydrogen (secondary N) is 1. The molecule has 6 nitrogen and oxygen atoms in total. The number of hydrogen-bond donors (Lipinski definition) is 2. The zero-order valence-electron chi connectivity index (χ0n) is 14.7. The average Bonchev–Trinajstić information content (AvgIpc) is 2.65. The van der Waals surface area contributed by atoms with Crippen molar-refractivity contribution in [2.75, 3.05) is 7.11 Å². The highest BCUT2D eigenvalue weighted by Gasteiger charge is 2.18. The van der Waals surface area contributed by atoms with E-state index in [0.29, 0.717) is 6.54 Å². The van der Waals surface area contributed by atoms with Gasteiger partial charge in [0, 0.05) is 12.6 Å². The van der Waals surface area contributed by atoms with Gasteiger partial charge in [0.25, 0.3) is 0 Å². The van der Waals surface area contributed by atoms with Crippen LogP contribution in [0.25, 0.3) is 0 Å². The van der Waals surface area contributed by atoms with E-state index in [9.17, 15) is 9.59 Å². The van der Waals surface area contributed by atoms with Crippen molar-refractivity contribution in [2.24, 2.45) is 0 Å². The molecule has 0 saturated carbocycles. The minimum absolute atomic E-state index is 0.00467. The van der Waals surface area contributed by atoms with Crippen LogP contribution >= 0.6 is 0 Å². The van der Waals surface area contributed by atoms with Crippen LogP contribution in [0.2, 0.25) is 0 Å². The molecule has 0 unspecified atom stereocenters. The van der Waals surface area contributed by atoms with Gasteiger partial charge >= 0.3 is 11.9 Å². The highest BCUT2D eigenvalue weighted by atomic mass is 16.5. The molecule has 2 N–H and O–H groups in total. The SMILES string of the molecule is COc1ccc(COC(=O)C[C@H](CC(=O)O)NCc2ccccc2)cc1. The Kier molecular flexibility index (Phi) is 7.64. The first-order chi connectivity index (χ1) is 12.6. The third kappa shape index (κ3) is 6.94. The van der Waals surface area contributed by atoms with Crippen molar-refractivity contribution in [2.45, 2.75) is 32.0 Å². The van der Waals surface area contributed by atoms with Crippen LogP contribution < -0.4 is 10.1 Å². The summed E-state index contributed by atoms with van der Waals surface area (Å²) in [5, 5.41) is 12.2. The predicted molar refractivity (Wildman–Crippen MR) is 96.7 cm³/mol. The number of ether oxygens (including phenoxy) is 2. The van der Waals surface area contributed by atoms with E-state index in [1.165, 1.54) is 0 Å². The molecule has 0 radical (unpaired) electrons. The molecule has 0 fully saturated rings. The average molecular weight is 357 g/mol. The number of carbonyl (C=O) groups is 2. The first kappa shape index (κ1) is 19.5. The number of carbonyl (C=O) groups excluding carboxylic acids is 1. The number of benzene rings is 2. The highest BCUT2D eigenvalue weighted by Crippen LogP contribution is 2.12. The van der Waals surface area contributed by atoms with Gasteiger partial charge in [0.05, 0.1) is 20.0 Å². The second-order valence-electron chi connectivity index (χ2n) is 5.87. The maximum absolute atomic E-state index is 12.1. The molecule has 2 aromatic carbocycles. The first-order valence-corrected chi connectivity index (χ1v) is 8.34. The van der Waals surface area contributed by atoms with Crippen LogP contribution in [0.3, 0.4) is 0 Å². The van der Waals surface area contributed by atoms with Gasteiger partial charge in [-0.25, -0.2) is 0 Å². The molecule has 0 aliphatic carbocycles. The largest absolute Gasteiger partial charge is 0.497 e. The van der Waals surface area contributed by atoms with Gasteiger partial charge < -0.3 is 19.9 Å². The normalized spacial score (nSPS) is 11.6. The standard InChI is InChI=1S/C20H23NO5/c1-25-18-9-7-16(8-10-18)14-26-20(24)12-17(11-19(22)23)21-13-15-5-3-2-4-6-15/h2-10,17,21H,11-14H2,1H3,(H,22,23)/t17-/m0/s1. The fraction of sp³-hybridized carbons (Fsp3) is 0.300. The lowest BCUT2D eigenvalue weighted by Crippen LogP contribution is -2.33. The van der Waals surface area contributed by atoms with Gasteiger partial charge in [0.15, 0.2) is 0 Å². The monoisotopic (exact) mass is 357 g/mol. The molecule has 2 aromatic rings. The molecule has 0 aromatic heterocycles. The number of carboxylic acid groups (broad SMARTS) is 1. The van der Waals surface area contributed by atoms with Crippen molar-refractivity contribution in [3.8, 4) is 5.75 Å². The summed E-state index contributed by atoms with van der Waals surface area (Å²) in [7, 11) is 1.58. The van der Waals surface area contributed by atoms with Crippen molar-refractivity contribution < 1.29 is 24.2 Å². The predicted octanol–water partition coefficient (Wildman–Crippen LogP) is 2.76. The summed E-state index contributed by atoms with van der Waals surface area (Å²) < 4.78 is 10.3. The second-order valence-corrected chi connectivity index (χ2v) is 5.87. The zero-order chi connectivity index (χ0) is 18.8. The van der Waals surface area contributed by atoms with Gasteiger partial charge in [-0.3, -0.25) is 9.59 Å². The lowest BCUT2D eigenvalue weighted by molar-refractivity contribution is -0.146. The quantitative estimate of drug-likeness (QED) is 0.636. The third-order valence-corrected chi connectivity index (χ3v) is 3.83. The fourth-order valence-electron chi connectivity index (χ4n) is 2.43. The first-order valence-electron chi connectivity index (χ1n) is 8.34. The Morgan fingerprint density at radius 2 is 1.69 bits per heavy atom. The lowest BCUT2D eigenvalue weighted by atomic mass is 10.1. The van der Waals surface area contributed by atoms with Gasteiger partial charge in [0.2, 0.25) is 0 Å². The van der Waals surface area contributed by atoms with Crippen LogP contribution in [0, 0.1) is 0 Å². The van der Waals surface area contributed by atoms with Crippen LogP contribution in [-0.2, 0) is 27.5 Å². The Labute approximate surface area is 152 Å². The van der Waals surface area contributed by atoms with Crippen molar-refractivity contribution in [3.63, 3.8) is 0 Å². The van der Waals surface area contributed by atoms with E-state index in [0.717, 1.165) is 16.9 Å². The Hall–Kier alpha value is -2.86. The van der Waals surface area contributed by atoms with Crippen molar-refractivity contribution in [1.82, 2.24) is 5.32 Å². The van der Waals surface area contributed by atoms with Crippen LogP contribution in [0.1, 0.15) is 24.0 Å². The van der Waals surface area contributed by atoms with Gasteiger partial charge in [-0.15, -0.1) is 0 Å². The number of methoxy groups -OCH3 is 1. The molecular formula is C20H23NO5. The molecule has 138 valence electrons. The van der Waals surface area contributed by atoms with Crippen molar-refractivity contribution in [1.29, 1.82) is 0 Å². The molecule has 2 rings (SSSR count). The highest BCUT2D eigenvalue weighted by molar-refractivity contribution is 5.73. The van der Waals surface area contributed by atoms with Gasteiger partial charge in [0.1, 0.15) is 12.4 Å². The number of esters is 1. The maximum Gasteiger partial charge on any atom is 0.307 e. The molecule has 0 amide bonds. The molecule has 0 bridgehead atoms. The summed E-state index contributed by atoms with van der Waals surface area (Å²) in [5.74, 6) is -0.669. The molecule has 0 aliphatic heterocycles. The smallest absolute Gasteiger partial charge is 0.307 e. The van der Waals surface area contributed by atoms with Crippen LogP contribution in [0.4, 0.5) is 0 Å². The Morgan fingerprint density at radius 1 is 1.00 bits per heavy atom. The zero-order valence-corrected chi connectivity index (χ0v) is 14.7. The molecule has 0 spiro atoms. The van der Waals surface area contributed by atoms with Crippen LogP contribution in [0.5, 0.6) is 5.75 Å². The third-order valence-electron chi connectivity index (χ3n) is 3.83. The minimum atomic E-state index is -0.960. The van der Waals surface area contributed by atoms with E-state index < -0.39 is 18.0 Å². The summed E-state index contributed by atoms with van der Waals surface area (Å²) in [6.07, 6.45) is -0.153. The number of hydrogen-bond acceptors (Lipinski definition) is 5. The summed E-state index contributed by atoms with van der Waals surface area (Å²) in [4.78, 5) is 23.1. The van der Waals surface area contributed by atoms with Crippen molar-refractivity contribution >= 4 is 11.9 Å². The van der Waals surface area contributed by atoms with E-state index in [1.54, 1.807) is 19.2 Å². The summed E-state index contributed by atoms with van der Waals surface area (Å²) in [5.41, 5.74) is 1.86.